The summed E-state index contributed by atoms with van der Waals surface area (Å²) < 4.78 is 55.2. The molecule has 2 aromatic carbocycles. The van der Waals surface area contributed by atoms with Crippen molar-refractivity contribution in [2.45, 2.75) is 166 Å². The Bertz CT molecular complexity index is 1870. The van der Waals surface area contributed by atoms with Crippen molar-refractivity contribution in [1.82, 2.24) is 5.32 Å². The molecule has 0 spiro atoms. The van der Waals surface area contributed by atoms with Gasteiger partial charge in [0.2, 0.25) is 0 Å². The molecule has 12 nitrogen and oxygen atoms in total. The Morgan fingerprint density at radius 2 is 1.15 bits per heavy atom. The Morgan fingerprint density at radius 1 is 0.677 bits per heavy atom. The van der Waals surface area contributed by atoms with Crippen LogP contribution >= 0.6 is 7.37 Å². The summed E-state index contributed by atoms with van der Waals surface area (Å²) in [6.45, 7) is 26.3. The summed E-state index contributed by atoms with van der Waals surface area (Å²) in [7, 11) is -4.05. The van der Waals surface area contributed by atoms with E-state index < -0.39 is 95.9 Å². The molecule has 0 bridgehead atoms. The van der Waals surface area contributed by atoms with Crippen molar-refractivity contribution in [3.8, 4) is 0 Å². The van der Waals surface area contributed by atoms with E-state index in [4.69, 9.17) is 28.2 Å². The molecular formula is C49H74NO11P. The van der Waals surface area contributed by atoms with Gasteiger partial charge in [-0.25, -0.2) is 0 Å². The van der Waals surface area contributed by atoms with Crippen molar-refractivity contribution in [1.29, 1.82) is 0 Å². The van der Waals surface area contributed by atoms with Crippen molar-refractivity contribution in [3.63, 3.8) is 0 Å². The van der Waals surface area contributed by atoms with Crippen molar-refractivity contribution in [3.05, 3.63) is 66.2 Å². The van der Waals surface area contributed by atoms with Gasteiger partial charge in [-0.15, -0.1) is 0 Å². The molecular weight excluding hydrogens is 810 g/mol. The number of rotatable bonds is 13. The number of hydrogen-bond acceptors (Lipinski definition) is 12. The summed E-state index contributed by atoms with van der Waals surface area (Å²) in [5, 5.41) is 3.96. The van der Waals surface area contributed by atoms with Gasteiger partial charge in [0.1, 0.15) is 18.5 Å². The lowest BCUT2D eigenvalue weighted by molar-refractivity contribution is -0.265. The third kappa shape index (κ3) is 13.0. The molecule has 1 aliphatic carbocycles. The number of hydrogen-bond donors (Lipinski definition) is 1. The second-order valence-corrected chi connectivity index (χ2v) is 24.1. The van der Waals surface area contributed by atoms with E-state index in [1.54, 1.807) is 95.2 Å². The molecule has 346 valence electrons. The topological polar surface area (TPSA) is 153 Å². The molecule has 2 fully saturated rings. The molecule has 1 saturated heterocycles. The minimum Gasteiger partial charge on any atom is -0.462 e. The van der Waals surface area contributed by atoms with Crippen LogP contribution < -0.4 is 10.6 Å². The van der Waals surface area contributed by atoms with Crippen LogP contribution in [0.3, 0.4) is 0 Å². The van der Waals surface area contributed by atoms with Crippen molar-refractivity contribution in [2.24, 2.45) is 39.4 Å². The normalized spacial score (nSPS) is 26.5. The molecule has 0 unspecified atom stereocenters. The van der Waals surface area contributed by atoms with Crippen LogP contribution in [0.5, 0.6) is 0 Å². The molecule has 1 saturated carbocycles. The predicted molar refractivity (Wildman–Crippen MR) is 239 cm³/mol. The summed E-state index contributed by atoms with van der Waals surface area (Å²) >= 11 is 0. The van der Waals surface area contributed by atoms with Crippen molar-refractivity contribution < 1.29 is 52.0 Å². The zero-order valence-electron chi connectivity index (χ0n) is 39.8. The summed E-state index contributed by atoms with van der Waals surface area (Å²) in [4.78, 5) is 55.2. The highest BCUT2D eigenvalue weighted by Crippen LogP contribution is 2.61. The fraction of sp³-hybridized carbons (Fsp3) is 0.673. The maximum absolute atomic E-state index is 16.5. The molecule has 1 heterocycles. The zero-order chi connectivity index (χ0) is 46.6. The standard InChI is InChI=1S/C49H74NO11P/c1-30(2)34-27-26-31(3)28-35(34)61-62(55,33-24-20-17-21-25-33)41(32-22-18-16-19-23-32)50-40-39(60-45(54)49(13,14)15)38(59-44(53)48(10,11)12)37(58-43(52)47(7,8)9)36(57-40)29-56-42(51)46(4,5)6/h16-25,30-31,34-41,50H,26-29H2,1-15H3/t31-,34+,35-,36-,37+,38+,39-,40-,41+,62-/m1/s1. The Labute approximate surface area is 370 Å². The van der Waals surface area contributed by atoms with Gasteiger partial charge in [0.25, 0.3) is 7.37 Å². The molecule has 2 aliphatic rings. The highest BCUT2D eigenvalue weighted by molar-refractivity contribution is 7.67. The van der Waals surface area contributed by atoms with Crippen LogP contribution in [0.2, 0.25) is 0 Å². The molecule has 1 N–H and O–H groups in total. The van der Waals surface area contributed by atoms with Crippen molar-refractivity contribution in [2.75, 3.05) is 6.61 Å². The third-order valence-electron chi connectivity index (χ3n) is 11.3. The lowest BCUT2D eigenvalue weighted by atomic mass is 9.75. The molecule has 0 amide bonds. The number of carbonyl (C=O) groups is 4. The number of carbonyl (C=O) groups excluding carboxylic acids is 4. The van der Waals surface area contributed by atoms with Crippen LogP contribution in [0, 0.1) is 39.4 Å². The molecule has 0 aromatic heterocycles. The van der Waals surface area contributed by atoms with E-state index in [0.29, 0.717) is 23.2 Å². The Morgan fingerprint density at radius 3 is 1.63 bits per heavy atom. The lowest BCUT2D eigenvalue weighted by Crippen LogP contribution is -2.67. The van der Waals surface area contributed by atoms with E-state index in [1.807, 2.05) is 48.5 Å². The molecule has 4 rings (SSSR count). The maximum Gasteiger partial charge on any atom is 0.311 e. The van der Waals surface area contributed by atoms with Gasteiger partial charge < -0.3 is 28.2 Å². The Balaban J connectivity index is 2.01. The fourth-order valence-corrected chi connectivity index (χ4v) is 10.1. The van der Waals surface area contributed by atoms with Crippen LogP contribution in [0.25, 0.3) is 0 Å². The number of benzene rings is 2. The average molecular weight is 884 g/mol. The Kier molecular flexibility index (Phi) is 16.5. The summed E-state index contributed by atoms with van der Waals surface area (Å²) in [5.41, 5.74) is -3.45. The molecule has 13 heteroatoms. The second kappa shape index (κ2) is 20.1. The summed E-state index contributed by atoms with van der Waals surface area (Å²) in [5.74, 6) is -2.95. The lowest BCUT2D eigenvalue weighted by Gasteiger charge is -2.48. The minimum absolute atomic E-state index is 0.132. The second-order valence-electron chi connectivity index (χ2n) is 21.7. The minimum atomic E-state index is -4.05. The van der Waals surface area contributed by atoms with Crippen LogP contribution in [-0.2, 0) is 52.0 Å². The fourth-order valence-electron chi connectivity index (χ4n) is 7.39. The first kappa shape index (κ1) is 51.1. The molecule has 1 aliphatic heterocycles. The number of nitrogens with one attached hydrogen (secondary N) is 1. The van der Waals surface area contributed by atoms with Gasteiger partial charge in [-0.05, 0) is 131 Å². The monoisotopic (exact) mass is 883 g/mol. The average Bonchev–Trinajstić information content (AvgIpc) is 3.16. The largest absolute Gasteiger partial charge is 0.462 e. The van der Waals surface area contributed by atoms with E-state index in [9.17, 15) is 19.2 Å². The van der Waals surface area contributed by atoms with Crippen molar-refractivity contribution >= 4 is 36.6 Å². The number of ether oxygens (including phenoxy) is 5. The molecule has 62 heavy (non-hydrogen) atoms. The van der Waals surface area contributed by atoms with E-state index in [1.165, 1.54) is 0 Å². The van der Waals surface area contributed by atoms with Crippen LogP contribution in [0.1, 0.15) is 134 Å². The van der Waals surface area contributed by atoms with Crippen LogP contribution in [0.15, 0.2) is 60.7 Å². The first-order valence-electron chi connectivity index (χ1n) is 22.1. The van der Waals surface area contributed by atoms with Gasteiger partial charge in [-0.3, -0.25) is 29.1 Å². The first-order valence-corrected chi connectivity index (χ1v) is 23.8. The van der Waals surface area contributed by atoms with Gasteiger partial charge in [0.05, 0.1) is 27.8 Å². The zero-order valence-corrected chi connectivity index (χ0v) is 40.7. The SMILES string of the molecule is CC(C)[C@@H]1CC[C@@H](C)C[C@H]1O[P@](=O)(c1ccccc1)[C@H](N[C@@H]1O[C@H](COC(=O)C(C)(C)C)[C@H](OC(=O)C(C)(C)C)[C@H](OC(=O)C(C)(C)C)[C@H]1OC(=O)C(C)(C)C)c1ccccc1. The summed E-state index contributed by atoms with van der Waals surface area (Å²) in [6, 6.07) is 18.3. The van der Waals surface area contributed by atoms with E-state index in [0.717, 1.165) is 12.8 Å². The van der Waals surface area contributed by atoms with Gasteiger partial charge in [0, 0.05) is 5.30 Å². The van der Waals surface area contributed by atoms with Gasteiger partial charge >= 0.3 is 23.9 Å². The van der Waals surface area contributed by atoms with E-state index >= 15 is 4.57 Å². The van der Waals surface area contributed by atoms with Gasteiger partial charge in [-0.2, -0.15) is 0 Å². The highest BCUT2D eigenvalue weighted by Gasteiger charge is 2.56. The van der Waals surface area contributed by atoms with Gasteiger partial charge in [0.15, 0.2) is 24.5 Å². The maximum atomic E-state index is 16.5. The summed E-state index contributed by atoms with van der Waals surface area (Å²) in [6.07, 6.45) is -4.79. The quantitative estimate of drug-likeness (QED) is 0.116. The molecule has 10 atom stereocenters. The van der Waals surface area contributed by atoms with E-state index in [2.05, 4.69) is 26.1 Å². The molecule has 2 aromatic rings. The third-order valence-corrected chi connectivity index (χ3v) is 14.1. The van der Waals surface area contributed by atoms with E-state index in [-0.39, 0.29) is 17.9 Å². The predicted octanol–water partition coefficient (Wildman–Crippen LogP) is 9.54. The molecule has 0 radical (unpaired) electrons. The highest BCUT2D eigenvalue weighted by atomic mass is 31.2. The smallest absolute Gasteiger partial charge is 0.311 e. The first-order chi connectivity index (χ1) is 28.5. The Hall–Kier alpha value is -3.57. The van der Waals surface area contributed by atoms with Gasteiger partial charge in [-0.1, -0.05) is 75.7 Å². The van der Waals surface area contributed by atoms with Crippen LogP contribution in [-0.4, -0.2) is 67.2 Å². The van der Waals surface area contributed by atoms with Crippen LogP contribution in [0.4, 0.5) is 0 Å². The number of esters is 4.